The number of benzene rings is 1. The highest BCUT2D eigenvalue weighted by molar-refractivity contribution is 5.28. The van der Waals surface area contributed by atoms with E-state index in [0.717, 1.165) is 6.04 Å². The van der Waals surface area contributed by atoms with Gasteiger partial charge in [-0.2, -0.15) is 0 Å². The third kappa shape index (κ3) is 5.43. The first-order valence-electron chi connectivity index (χ1n) is 9.66. The van der Waals surface area contributed by atoms with Gasteiger partial charge >= 0.3 is 0 Å². The molecule has 0 bridgehead atoms. The fourth-order valence-corrected chi connectivity index (χ4v) is 4.04. The molecule has 0 spiro atoms. The van der Waals surface area contributed by atoms with E-state index in [2.05, 4.69) is 43.0 Å². The maximum atomic E-state index is 2.63. The van der Waals surface area contributed by atoms with Gasteiger partial charge < -0.3 is 4.90 Å². The predicted molar refractivity (Wildman–Crippen MR) is 97.5 cm³/mol. The van der Waals surface area contributed by atoms with Gasteiger partial charge in [0, 0.05) is 6.04 Å². The molecule has 0 amide bonds. The molecular formula is C21H35N. The summed E-state index contributed by atoms with van der Waals surface area (Å²) in [6, 6.07) is 9.71. The standard InChI is InChI=1S/C11H23N.C10H12/c1-3-12(4-2)11-9-7-5-6-8-10-11;1-2-6-10-8-4-3-7-9(10)5-1/h11H,3-10H2,1-2H3;1-2,5-6H,3-4,7-8H2. The molecule has 22 heavy (non-hydrogen) atoms. The van der Waals surface area contributed by atoms with E-state index >= 15 is 0 Å². The van der Waals surface area contributed by atoms with Crippen molar-refractivity contribution in [2.45, 2.75) is 84.1 Å². The molecule has 1 fully saturated rings. The van der Waals surface area contributed by atoms with E-state index in [0.29, 0.717) is 0 Å². The Morgan fingerprint density at radius 1 is 0.773 bits per heavy atom. The second-order valence-corrected chi connectivity index (χ2v) is 6.84. The van der Waals surface area contributed by atoms with Crippen LogP contribution in [-0.4, -0.2) is 24.0 Å². The van der Waals surface area contributed by atoms with Crippen LogP contribution in [0, 0.1) is 0 Å². The van der Waals surface area contributed by atoms with Crippen molar-refractivity contribution in [2.24, 2.45) is 0 Å². The van der Waals surface area contributed by atoms with Gasteiger partial charge in [-0.1, -0.05) is 63.8 Å². The van der Waals surface area contributed by atoms with E-state index in [1.165, 1.54) is 77.3 Å². The van der Waals surface area contributed by atoms with Crippen LogP contribution in [0.5, 0.6) is 0 Å². The third-order valence-electron chi connectivity index (χ3n) is 5.41. The quantitative estimate of drug-likeness (QED) is 0.655. The molecule has 0 saturated heterocycles. The summed E-state index contributed by atoms with van der Waals surface area (Å²) in [6.07, 6.45) is 14.1. The van der Waals surface area contributed by atoms with Crippen LogP contribution < -0.4 is 0 Å². The summed E-state index contributed by atoms with van der Waals surface area (Å²) in [6.45, 7) is 7.05. The van der Waals surface area contributed by atoms with Crippen molar-refractivity contribution in [3.05, 3.63) is 35.4 Å². The number of rotatable bonds is 3. The first-order valence-corrected chi connectivity index (χ1v) is 9.66. The zero-order valence-electron chi connectivity index (χ0n) is 14.8. The summed E-state index contributed by atoms with van der Waals surface area (Å²) >= 11 is 0. The van der Waals surface area contributed by atoms with Gasteiger partial charge in [0.2, 0.25) is 0 Å². The van der Waals surface area contributed by atoms with E-state index in [1.807, 2.05) is 0 Å². The third-order valence-corrected chi connectivity index (χ3v) is 5.41. The average Bonchev–Trinajstić information content (AvgIpc) is 2.86. The highest BCUT2D eigenvalue weighted by Gasteiger charge is 2.16. The van der Waals surface area contributed by atoms with Crippen molar-refractivity contribution in [1.82, 2.24) is 4.90 Å². The Balaban J connectivity index is 0.000000162. The van der Waals surface area contributed by atoms with Crippen molar-refractivity contribution in [2.75, 3.05) is 13.1 Å². The van der Waals surface area contributed by atoms with Crippen LogP contribution in [0.25, 0.3) is 0 Å². The summed E-state index contributed by atoms with van der Waals surface area (Å²) in [5.41, 5.74) is 3.16. The number of fused-ring (bicyclic) bond motifs is 1. The van der Waals surface area contributed by atoms with Gasteiger partial charge in [-0.15, -0.1) is 0 Å². The van der Waals surface area contributed by atoms with Gasteiger partial charge in [-0.25, -0.2) is 0 Å². The van der Waals surface area contributed by atoms with Gasteiger partial charge in [0.05, 0.1) is 0 Å². The normalized spacial score (nSPS) is 19.0. The SMILES string of the molecule is CCN(CC)C1CCCCCC1.c1ccc2c(c1)CCCC2. The summed E-state index contributed by atoms with van der Waals surface area (Å²) in [5, 5.41) is 0. The maximum absolute atomic E-state index is 2.63. The Labute approximate surface area is 138 Å². The second kappa shape index (κ2) is 10.0. The van der Waals surface area contributed by atoms with E-state index in [-0.39, 0.29) is 0 Å². The molecule has 0 aliphatic heterocycles. The van der Waals surface area contributed by atoms with Crippen molar-refractivity contribution in [1.29, 1.82) is 0 Å². The molecule has 1 aromatic rings. The van der Waals surface area contributed by atoms with Gasteiger partial charge in [0.15, 0.2) is 0 Å². The molecule has 0 aromatic heterocycles. The smallest absolute Gasteiger partial charge is 0.00950 e. The summed E-state index contributed by atoms with van der Waals surface area (Å²) in [7, 11) is 0. The zero-order chi connectivity index (χ0) is 15.6. The molecule has 1 heteroatoms. The summed E-state index contributed by atoms with van der Waals surface area (Å²) < 4.78 is 0. The highest BCUT2D eigenvalue weighted by atomic mass is 15.1. The number of hydrogen-bond donors (Lipinski definition) is 0. The molecule has 0 radical (unpaired) electrons. The minimum absolute atomic E-state index is 0.905. The largest absolute Gasteiger partial charge is 0.301 e. The van der Waals surface area contributed by atoms with E-state index < -0.39 is 0 Å². The van der Waals surface area contributed by atoms with Gasteiger partial charge in [-0.3, -0.25) is 0 Å². The van der Waals surface area contributed by atoms with E-state index in [9.17, 15) is 0 Å². The molecule has 1 aromatic carbocycles. The van der Waals surface area contributed by atoms with Crippen molar-refractivity contribution in [3.63, 3.8) is 0 Å². The molecule has 0 atom stereocenters. The fraction of sp³-hybridized carbons (Fsp3) is 0.714. The molecule has 2 aliphatic carbocycles. The number of hydrogen-bond acceptors (Lipinski definition) is 1. The van der Waals surface area contributed by atoms with Crippen LogP contribution in [0.1, 0.15) is 76.3 Å². The average molecular weight is 302 g/mol. The molecule has 0 N–H and O–H groups in total. The Morgan fingerprint density at radius 3 is 1.73 bits per heavy atom. The van der Waals surface area contributed by atoms with Crippen LogP contribution in [0.3, 0.4) is 0 Å². The monoisotopic (exact) mass is 301 g/mol. The molecular weight excluding hydrogens is 266 g/mol. The van der Waals surface area contributed by atoms with Crippen molar-refractivity contribution in [3.8, 4) is 0 Å². The van der Waals surface area contributed by atoms with Crippen molar-refractivity contribution >= 4 is 0 Å². The minimum atomic E-state index is 0.905. The molecule has 2 aliphatic rings. The van der Waals surface area contributed by atoms with Gasteiger partial charge in [-0.05, 0) is 62.7 Å². The van der Waals surface area contributed by atoms with Crippen LogP contribution in [-0.2, 0) is 12.8 Å². The molecule has 0 unspecified atom stereocenters. The molecule has 124 valence electrons. The Morgan fingerprint density at radius 2 is 1.27 bits per heavy atom. The minimum Gasteiger partial charge on any atom is -0.301 e. The van der Waals surface area contributed by atoms with Gasteiger partial charge in [0.25, 0.3) is 0 Å². The lowest BCUT2D eigenvalue weighted by Crippen LogP contribution is -2.34. The Hall–Kier alpha value is -0.820. The van der Waals surface area contributed by atoms with E-state index in [1.54, 1.807) is 11.1 Å². The van der Waals surface area contributed by atoms with E-state index in [4.69, 9.17) is 0 Å². The fourth-order valence-electron chi connectivity index (χ4n) is 4.04. The lowest BCUT2D eigenvalue weighted by Gasteiger charge is -2.28. The van der Waals surface area contributed by atoms with Crippen molar-refractivity contribution < 1.29 is 0 Å². The summed E-state index contributed by atoms with van der Waals surface area (Å²) in [4.78, 5) is 2.63. The predicted octanol–water partition coefficient (Wildman–Crippen LogP) is 5.62. The molecule has 1 saturated carbocycles. The van der Waals surface area contributed by atoms with Crippen LogP contribution >= 0.6 is 0 Å². The Bertz CT molecular complexity index is 375. The maximum Gasteiger partial charge on any atom is 0.00950 e. The molecule has 1 nitrogen and oxygen atoms in total. The number of aryl methyl sites for hydroxylation is 2. The zero-order valence-corrected chi connectivity index (χ0v) is 14.8. The van der Waals surface area contributed by atoms with Crippen LogP contribution in [0.15, 0.2) is 24.3 Å². The first-order chi connectivity index (χ1) is 10.8. The van der Waals surface area contributed by atoms with Crippen LogP contribution in [0.4, 0.5) is 0 Å². The topological polar surface area (TPSA) is 3.24 Å². The first kappa shape index (κ1) is 17.5. The lowest BCUT2D eigenvalue weighted by atomic mass is 9.92. The highest BCUT2D eigenvalue weighted by Crippen LogP contribution is 2.21. The number of nitrogens with zero attached hydrogens (tertiary/aromatic N) is 1. The lowest BCUT2D eigenvalue weighted by molar-refractivity contribution is 0.198. The second-order valence-electron chi connectivity index (χ2n) is 6.84. The molecule has 3 rings (SSSR count). The molecule has 0 heterocycles. The Kier molecular flexibility index (Phi) is 8.01. The summed E-state index contributed by atoms with van der Waals surface area (Å²) in [5.74, 6) is 0. The van der Waals surface area contributed by atoms with Gasteiger partial charge in [0.1, 0.15) is 0 Å². The van der Waals surface area contributed by atoms with Crippen LogP contribution in [0.2, 0.25) is 0 Å².